The number of likely N-dealkylation sites (N-methyl/N-ethyl adjacent to an activating group) is 1. The Bertz CT molecular complexity index is 1500. The van der Waals surface area contributed by atoms with Crippen LogP contribution in [0.5, 0.6) is 0 Å². The summed E-state index contributed by atoms with van der Waals surface area (Å²) in [5.41, 5.74) is -2.16. The highest BCUT2D eigenvalue weighted by atomic mass is 35.5. The molecule has 1 aliphatic rings. The van der Waals surface area contributed by atoms with Crippen LogP contribution in [0.25, 0.3) is 11.1 Å². The van der Waals surface area contributed by atoms with E-state index < -0.39 is 35.7 Å². The van der Waals surface area contributed by atoms with Gasteiger partial charge in [0, 0.05) is 48.4 Å². The normalized spacial score (nSPS) is 13.0. The van der Waals surface area contributed by atoms with Crippen LogP contribution in [-0.2, 0) is 17.5 Å². The van der Waals surface area contributed by atoms with E-state index in [2.05, 4.69) is 27.4 Å². The number of nitrogens with zero attached hydrogens (tertiary/aromatic N) is 4. The molecule has 0 saturated heterocycles. The molecular weight excluding hydrogens is 531 g/mol. The van der Waals surface area contributed by atoms with Crippen LogP contribution < -0.4 is 10.9 Å². The van der Waals surface area contributed by atoms with Gasteiger partial charge in [-0.25, -0.2) is 0 Å². The summed E-state index contributed by atoms with van der Waals surface area (Å²) in [4.78, 5) is 39.4. The van der Waals surface area contributed by atoms with Gasteiger partial charge in [-0.15, -0.1) is 10.2 Å². The number of carbonyl (C=O) groups is 2. The average Bonchev–Trinajstić information content (AvgIpc) is 3.56. The summed E-state index contributed by atoms with van der Waals surface area (Å²) in [6.45, 7) is -0.392. The fraction of sp³-hybridized carbons (Fsp3) is 0.292. The van der Waals surface area contributed by atoms with Gasteiger partial charge in [0.2, 0.25) is 11.0 Å². The molecule has 0 atom stereocenters. The van der Waals surface area contributed by atoms with Crippen molar-refractivity contribution in [1.82, 2.24) is 19.7 Å². The van der Waals surface area contributed by atoms with Crippen molar-refractivity contribution in [2.75, 3.05) is 19.4 Å². The van der Waals surface area contributed by atoms with Gasteiger partial charge in [-0.2, -0.15) is 13.2 Å². The fourth-order valence-corrected chi connectivity index (χ4v) is 3.99. The number of anilines is 1. The molecule has 0 radical (unpaired) electrons. The van der Waals surface area contributed by atoms with E-state index in [1.807, 2.05) is 0 Å². The van der Waals surface area contributed by atoms with Crippen LogP contribution in [0.1, 0.15) is 33.8 Å². The van der Waals surface area contributed by atoms with Gasteiger partial charge in [-0.3, -0.25) is 19.7 Å². The minimum atomic E-state index is -4.68. The maximum atomic E-state index is 13.4. The Hall–Kier alpha value is -3.69. The lowest BCUT2D eigenvalue weighted by molar-refractivity contribution is -0.137. The summed E-state index contributed by atoms with van der Waals surface area (Å²) in [5, 5.41) is 10.7. The van der Waals surface area contributed by atoms with Crippen LogP contribution in [0.2, 0.25) is 5.02 Å². The molecule has 8 nitrogen and oxygen atoms in total. The zero-order valence-corrected chi connectivity index (χ0v) is 21.1. The number of halogens is 4. The molecule has 1 aromatic carbocycles. The Kier molecular flexibility index (Phi) is 7.38. The van der Waals surface area contributed by atoms with Gasteiger partial charge in [-0.05, 0) is 37.0 Å². The molecule has 192 valence electrons. The maximum Gasteiger partial charge on any atom is 0.416 e. The lowest BCUT2D eigenvalue weighted by Crippen LogP contribution is -2.32. The Morgan fingerprint density at radius 1 is 1.22 bits per heavy atom. The summed E-state index contributed by atoms with van der Waals surface area (Å²) in [6.07, 6.45) is -1.47. The number of amides is 2. The number of benzene rings is 1. The molecule has 0 spiro atoms. The predicted molar refractivity (Wildman–Crippen MR) is 132 cm³/mol. The molecule has 3 aromatic rings. The van der Waals surface area contributed by atoms with Crippen LogP contribution in [0, 0.1) is 17.8 Å². The Labute approximate surface area is 218 Å². The average molecular weight is 550 g/mol. The first kappa shape index (κ1) is 26.4. The molecule has 2 amide bonds. The first-order valence-corrected chi connectivity index (χ1v) is 12.1. The van der Waals surface area contributed by atoms with Crippen molar-refractivity contribution < 1.29 is 22.8 Å². The number of pyridine rings is 1. The minimum absolute atomic E-state index is 0.0713. The van der Waals surface area contributed by atoms with Gasteiger partial charge in [0.1, 0.15) is 6.54 Å². The van der Waals surface area contributed by atoms with Crippen molar-refractivity contribution >= 4 is 39.9 Å². The number of hydrogen-bond acceptors (Lipinski definition) is 6. The van der Waals surface area contributed by atoms with Crippen LogP contribution in [-0.4, -0.2) is 45.6 Å². The fourth-order valence-electron chi connectivity index (χ4n) is 3.17. The molecule has 0 bridgehead atoms. The molecule has 0 unspecified atom stereocenters. The highest BCUT2D eigenvalue weighted by molar-refractivity contribution is 7.15. The van der Waals surface area contributed by atoms with Gasteiger partial charge in [0.25, 0.3) is 11.5 Å². The number of nitrogens with one attached hydrogen (secondary N) is 1. The van der Waals surface area contributed by atoms with Gasteiger partial charge in [-0.1, -0.05) is 28.9 Å². The topological polar surface area (TPSA) is 97.2 Å². The molecule has 13 heteroatoms. The van der Waals surface area contributed by atoms with Crippen LogP contribution >= 0.6 is 22.9 Å². The molecule has 4 rings (SSSR count). The molecule has 1 N–H and O–H groups in total. The number of aromatic nitrogens is 3. The lowest BCUT2D eigenvalue weighted by Gasteiger charge is -2.17. The monoisotopic (exact) mass is 549 g/mol. The third-order valence-electron chi connectivity index (χ3n) is 5.36. The number of rotatable bonds is 5. The van der Waals surface area contributed by atoms with Gasteiger partial charge >= 0.3 is 6.18 Å². The first-order chi connectivity index (χ1) is 17.4. The van der Waals surface area contributed by atoms with Crippen molar-refractivity contribution in [2.24, 2.45) is 5.92 Å². The summed E-state index contributed by atoms with van der Waals surface area (Å²) in [6, 6.07) is 3.59. The molecule has 1 saturated carbocycles. The third kappa shape index (κ3) is 6.36. The van der Waals surface area contributed by atoms with Crippen molar-refractivity contribution in [2.45, 2.75) is 25.6 Å². The predicted octanol–water partition coefficient (Wildman–Crippen LogP) is 4.14. The molecule has 37 heavy (non-hydrogen) atoms. The van der Waals surface area contributed by atoms with E-state index in [0.717, 1.165) is 59.2 Å². The van der Waals surface area contributed by atoms with E-state index in [1.165, 1.54) is 19.0 Å². The second kappa shape index (κ2) is 10.4. The zero-order valence-electron chi connectivity index (χ0n) is 19.5. The molecule has 2 heterocycles. The Morgan fingerprint density at radius 3 is 2.59 bits per heavy atom. The van der Waals surface area contributed by atoms with E-state index in [-0.39, 0.29) is 26.8 Å². The van der Waals surface area contributed by atoms with E-state index >= 15 is 0 Å². The second-order valence-electron chi connectivity index (χ2n) is 8.46. The van der Waals surface area contributed by atoms with Crippen molar-refractivity contribution in [1.29, 1.82) is 0 Å². The quantitative estimate of drug-likeness (QED) is 0.483. The number of alkyl halides is 3. The zero-order chi connectivity index (χ0) is 26.9. The summed E-state index contributed by atoms with van der Waals surface area (Å²) in [5.74, 6) is 4.99. The van der Waals surface area contributed by atoms with Crippen LogP contribution in [0.15, 0.2) is 35.3 Å². The molecular formula is C24H19ClF3N5O3S. The van der Waals surface area contributed by atoms with Gasteiger partial charge in [0.05, 0.1) is 11.1 Å². The van der Waals surface area contributed by atoms with Crippen molar-refractivity contribution in [3.63, 3.8) is 0 Å². The first-order valence-electron chi connectivity index (χ1n) is 10.9. The summed E-state index contributed by atoms with van der Waals surface area (Å²) < 4.78 is 41.3. The highest BCUT2D eigenvalue weighted by Gasteiger charge is 2.32. The molecule has 1 fully saturated rings. The number of hydrogen-bond donors (Lipinski definition) is 1. The van der Waals surface area contributed by atoms with Gasteiger partial charge < -0.3 is 9.47 Å². The minimum Gasteiger partial charge on any atom is -0.347 e. The van der Waals surface area contributed by atoms with E-state index in [9.17, 15) is 27.6 Å². The second-order valence-corrected chi connectivity index (χ2v) is 9.84. The van der Waals surface area contributed by atoms with E-state index in [0.29, 0.717) is 10.9 Å². The Morgan fingerprint density at radius 2 is 1.95 bits per heavy atom. The molecule has 0 aliphatic heterocycles. The standard InChI is InChI=1S/C24H19ClF3N5O3S/c1-32(2)21(35)12-33-11-17(15-9-14(24(26,27)28)6-7-18(15)25)16(10-20(33)34)22(36)29-23-31-30-19(37-23)8-5-13-3-4-13/h6-7,9-11,13H,3-4,12H2,1-2H3,(H,29,31,36). The number of carbonyl (C=O) groups excluding carboxylic acids is 2. The van der Waals surface area contributed by atoms with E-state index in [4.69, 9.17) is 11.6 Å². The molecule has 1 aliphatic carbocycles. The SMILES string of the molecule is CN(C)C(=O)Cn1cc(-c2cc(C(F)(F)F)ccc2Cl)c(C(=O)Nc2nnc(C#CC3CC3)s2)cc1=O. The maximum absolute atomic E-state index is 13.4. The summed E-state index contributed by atoms with van der Waals surface area (Å²) >= 11 is 7.26. The lowest BCUT2D eigenvalue weighted by atomic mass is 9.99. The third-order valence-corrected chi connectivity index (χ3v) is 6.45. The Balaban J connectivity index is 1.76. The molecule has 2 aromatic heterocycles. The van der Waals surface area contributed by atoms with Crippen molar-refractivity contribution in [3.05, 3.63) is 62.0 Å². The van der Waals surface area contributed by atoms with Crippen molar-refractivity contribution in [3.8, 4) is 23.0 Å². The summed E-state index contributed by atoms with van der Waals surface area (Å²) in [7, 11) is 2.98. The van der Waals surface area contributed by atoms with Crippen LogP contribution in [0.3, 0.4) is 0 Å². The largest absolute Gasteiger partial charge is 0.416 e. The van der Waals surface area contributed by atoms with E-state index in [1.54, 1.807) is 0 Å². The smallest absolute Gasteiger partial charge is 0.347 e. The van der Waals surface area contributed by atoms with Gasteiger partial charge in [0.15, 0.2) is 5.01 Å². The van der Waals surface area contributed by atoms with Crippen LogP contribution in [0.4, 0.5) is 18.3 Å². The highest BCUT2D eigenvalue weighted by Crippen LogP contribution is 2.37.